The van der Waals surface area contributed by atoms with Gasteiger partial charge in [0, 0.05) is 42.4 Å². The van der Waals surface area contributed by atoms with Crippen molar-refractivity contribution in [1.29, 1.82) is 0 Å². The van der Waals surface area contributed by atoms with Crippen molar-refractivity contribution in [3.05, 3.63) is 23.4 Å². The molecule has 3 nitrogen and oxygen atoms in total. The van der Waals surface area contributed by atoms with Crippen LogP contribution in [0.25, 0.3) is 0 Å². The average Bonchev–Trinajstić information content (AvgIpc) is 2.37. The van der Waals surface area contributed by atoms with Crippen molar-refractivity contribution < 1.29 is 0 Å². The monoisotopic (exact) mass is 279 g/mol. The van der Waals surface area contributed by atoms with Gasteiger partial charge >= 0.3 is 0 Å². The van der Waals surface area contributed by atoms with E-state index in [2.05, 4.69) is 61.8 Å². The van der Waals surface area contributed by atoms with Gasteiger partial charge in [-0.2, -0.15) is 11.8 Å². The summed E-state index contributed by atoms with van der Waals surface area (Å²) in [7, 11) is 0. The molecule has 0 aromatic carbocycles. The highest BCUT2D eigenvalue weighted by Gasteiger charge is 2.18. The van der Waals surface area contributed by atoms with E-state index < -0.39 is 0 Å². The fraction of sp³-hybridized carbons (Fsp3) is 0.667. The van der Waals surface area contributed by atoms with Gasteiger partial charge in [0.2, 0.25) is 0 Å². The van der Waals surface area contributed by atoms with Crippen LogP contribution in [0.3, 0.4) is 0 Å². The summed E-state index contributed by atoms with van der Waals surface area (Å²) in [5, 5.41) is 4.16. The van der Waals surface area contributed by atoms with Gasteiger partial charge in [0.1, 0.15) is 5.82 Å². The third kappa shape index (κ3) is 4.11. The van der Waals surface area contributed by atoms with Crippen LogP contribution in [-0.4, -0.2) is 35.1 Å². The Morgan fingerprint density at radius 2 is 2.26 bits per heavy atom. The van der Waals surface area contributed by atoms with Crippen molar-refractivity contribution in [2.75, 3.05) is 23.7 Å². The molecule has 1 aliphatic heterocycles. The average molecular weight is 279 g/mol. The molecule has 0 amide bonds. The van der Waals surface area contributed by atoms with Gasteiger partial charge in [0.25, 0.3) is 0 Å². The minimum absolute atomic E-state index is 0.513. The molecule has 106 valence electrons. The Kier molecular flexibility index (Phi) is 5.11. The standard InChI is InChI=1S/C15H25N3S/c1-11(2)16-9-14-5-6-15(17-13(14)4)18-7-8-19-12(3)10-18/h5-6,11-12,16H,7-10H2,1-4H3. The lowest BCUT2D eigenvalue weighted by atomic mass is 10.2. The second-order valence-corrected chi connectivity index (χ2v) is 7.12. The van der Waals surface area contributed by atoms with E-state index in [4.69, 9.17) is 4.98 Å². The van der Waals surface area contributed by atoms with Crippen LogP contribution in [0, 0.1) is 6.92 Å². The molecule has 2 heterocycles. The molecule has 1 aromatic heterocycles. The lowest BCUT2D eigenvalue weighted by molar-refractivity contribution is 0.586. The van der Waals surface area contributed by atoms with E-state index in [0.29, 0.717) is 11.3 Å². The number of thioether (sulfide) groups is 1. The van der Waals surface area contributed by atoms with E-state index in [1.54, 1.807) is 0 Å². The predicted octanol–water partition coefficient (Wildman–Crippen LogP) is 2.83. The van der Waals surface area contributed by atoms with Crippen molar-refractivity contribution in [2.45, 2.75) is 45.5 Å². The fourth-order valence-corrected chi connectivity index (χ4v) is 3.29. The van der Waals surface area contributed by atoms with Gasteiger partial charge in [-0.25, -0.2) is 4.98 Å². The molecule has 1 atom stereocenters. The van der Waals surface area contributed by atoms with Crippen LogP contribution < -0.4 is 10.2 Å². The molecule has 0 aliphatic carbocycles. The van der Waals surface area contributed by atoms with Crippen LogP contribution in [0.2, 0.25) is 0 Å². The second kappa shape index (κ2) is 6.62. The summed E-state index contributed by atoms with van der Waals surface area (Å²) in [6.45, 7) is 11.9. The summed E-state index contributed by atoms with van der Waals surface area (Å²) >= 11 is 2.06. The van der Waals surface area contributed by atoms with Gasteiger partial charge in [-0.15, -0.1) is 0 Å². The van der Waals surface area contributed by atoms with E-state index in [-0.39, 0.29) is 0 Å². The molecule has 1 unspecified atom stereocenters. The third-order valence-corrected chi connectivity index (χ3v) is 4.58. The van der Waals surface area contributed by atoms with Crippen molar-refractivity contribution in [2.24, 2.45) is 0 Å². The normalized spacial score (nSPS) is 20.1. The maximum Gasteiger partial charge on any atom is 0.128 e. The predicted molar refractivity (Wildman–Crippen MR) is 85.1 cm³/mol. The summed E-state index contributed by atoms with van der Waals surface area (Å²) < 4.78 is 0. The van der Waals surface area contributed by atoms with Gasteiger partial charge in [0.15, 0.2) is 0 Å². The smallest absolute Gasteiger partial charge is 0.128 e. The van der Waals surface area contributed by atoms with Crippen LogP contribution in [0.15, 0.2) is 12.1 Å². The summed E-state index contributed by atoms with van der Waals surface area (Å²) in [5.74, 6) is 2.34. The Hall–Kier alpha value is -0.740. The topological polar surface area (TPSA) is 28.2 Å². The number of nitrogens with zero attached hydrogens (tertiary/aromatic N) is 2. The van der Waals surface area contributed by atoms with Crippen LogP contribution in [-0.2, 0) is 6.54 Å². The fourth-order valence-electron chi connectivity index (χ4n) is 2.28. The first-order valence-corrected chi connectivity index (χ1v) is 8.17. The zero-order valence-electron chi connectivity index (χ0n) is 12.4. The SMILES string of the molecule is Cc1nc(N2CCSC(C)C2)ccc1CNC(C)C. The Bertz CT molecular complexity index is 420. The Morgan fingerprint density at radius 1 is 1.47 bits per heavy atom. The molecule has 2 rings (SSSR count). The highest BCUT2D eigenvalue weighted by atomic mass is 32.2. The first-order valence-electron chi connectivity index (χ1n) is 7.12. The van der Waals surface area contributed by atoms with Gasteiger partial charge < -0.3 is 10.2 Å². The van der Waals surface area contributed by atoms with E-state index >= 15 is 0 Å². The zero-order valence-corrected chi connectivity index (χ0v) is 13.3. The second-order valence-electron chi connectivity index (χ2n) is 5.58. The van der Waals surface area contributed by atoms with Gasteiger partial charge in [-0.3, -0.25) is 0 Å². The summed E-state index contributed by atoms with van der Waals surface area (Å²) in [4.78, 5) is 7.20. The molecule has 4 heteroatoms. The van der Waals surface area contributed by atoms with Crippen LogP contribution >= 0.6 is 11.8 Å². The molecule has 0 radical (unpaired) electrons. The van der Waals surface area contributed by atoms with Gasteiger partial charge in [-0.1, -0.05) is 26.8 Å². The zero-order chi connectivity index (χ0) is 13.8. The number of hydrogen-bond donors (Lipinski definition) is 1. The van der Waals surface area contributed by atoms with Crippen molar-refractivity contribution in [3.63, 3.8) is 0 Å². The summed E-state index contributed by atoms with van der Waals surface area (Å²) in [5.41, 5.74) is 2.45. The molecule has 1 N–H and O–H groups in total. The molecule has 1 aromatic rings. The van der Waals surface area contributed by atoms with Crippen molar-refractivity contribution in [1.82, 2.24) is 10.3 Å². The number of aryl methyl sites for hydroxylation is 1. The number of nitrogens with one attached hydrogen (secondary N) is 1. The first kappa shape index (κ1) is 14.7. The minimum Gasteiger partial charge on any atom is -0.355 e. The van der Waals surface area contributed by atoms with E-state index in [1.165, 1.54) is 11.3 Å². The summed E-state index contributed by atoms with van der Waals surface area (Å²) in [6, 6.07) is 4.91. The lowest BCUT2D eigenvalue weighted by Crippen LogP contribution is -2.37. The lowest BCUT2D eigenvalue weighted by Gasteiger charge is -2.31. The van der Waals surface area contributed by atoms with Crippen LogP contribution in [0.4, 0.5) is 5.82 Å². The molecule has 1 aliphatic rings. The highest BCUT2D eigenvalue weighted by molar-refractivity contribution is 8.00. The number of rotatable bonds is 4. The van der Waals surface area contributed by atoms with Gasteiger partial charge in [-0.05, 0) is 18.6 Å². The molecular weight excluding hydrogens is 254 g/mol. The Balaban J connectivity index is 2.05. The van der Waals surface area contributed by atoms with E-state index in [0.717, 1.165) is 31.1 Å². The number of hydrogen-bond acceptors (Lipinski definition) is 4. The van der Waals surface area contributed by atoms with Crippen molar-refractivity contribution in [3.8, 4) is 0 Å². The number of aromatic nitrogens is 1. The van der Waals surface area contributed by atoms with Gasteiger partial charge in [0.05, 0.1) is 0 Å². The first-order chi connectivity index (χ1) is 9.06. The molecule has 19 heavy (non-hydrogen) atoms. The molecule has 0 saturated carbocycles. The molecule has 1 saturated heterocycles. The maximum absolute atomic E-state index is 4.79. The molecule has 0 bridgehead atoms. The third-order valence-electron chi connectivity index (χ3n) is 3.45. The van der Waals surface area contributed by atoms with Crippen LogP contribution in [0.5, 0.6) is 0 Å². The maximum atomic E-state index is 4.79. The van der Waals surface area contributed by atoms with Crippen molar-refractivity contribution >= 4 is 17.6 Å². The van der Waals surface area contributed by atoms with E-state index in [9.17, 15) is 0 Å². The summed E-state index contributed by atoms with van der Waals surface area (Å²) in [6.07, 6.45) is 0. The van der Waals surface area contributed by atoms with E-state index in [1.807, 2.05) is 0 Å². The number of pyridine rings is 1. The minimum atomic E-state index is 0.513. The highest BCUT2D eigenvalue weighted by Crippen LogP contribution is 2.23. The Morgan fingerprint density at radius 3 is 2.89 bits per heavy atom. The largest absolute Gasteiger partial charge is 0.355 e. The van der Waals surface area contributed by atoms with Crippen LogP contribution in [0.1, 0.15) is 32.0 Å². The molecule has 1 fully saturated rings. The molecular formula is C15H25N3S. The number of anilines is 1. The quantitative estimate of drug-likeness (QED) is 0.917. The molecule has 0 spiro atoms. The Labute approximate surface area is 121 Å².